The molecule has 0 saturated carbocycles. The van der Waals surface area contributed by atoms with Crippen molar-refractivity contribution >= 4 is 51.7 Å². The van der Waals surface area contributed by atoms with Crippen LogP contribution in [0.1, 0.15) is 0 Å². The highest BCUT2D eigenvalue weighted by Crippen LogP contribution is 2.26. The zero-order chi connectivity index (χ0) is 15.2. The maximum atomic E-state index is 11.6. The topological polar surface area (TPSA) is 82.1 Å². The van der Waals surface area contributed by atoms with Gasteiger partial charge in [-0.1, -0.05) is 23.7 Å². The van der Waals surface area contributed by atoms with E-state index in [1.807, 2.05) is 17.5 Å². The van der Waals surface area contributed by atoms with E-state index >= 15 is 0 Å². The van der Waals surface area contributed by atoms with Crippen LogP contribution in [0.4, 0.5) is 5.13 Å². The van der Waals surface area contributed by atoms with Gasteiger partial charge in [0.2, 0.25) is 5.91 Å². The standard InChI is InChI=1S/C13H11ClN2O3S2/c14-9-3-1-8(2-4-9)10-5-21-13(15-10)16-11(17)6-20-7-12(18)19/h1-5H,6-7H2,(H,18,19)(H,15,16,17)/p-1. The molecule has 2 aromatic rings. The molecule has 0 atom stereocenters. The van der Waals surface area contributed by atoms with Gasteiger partial charge in [0.25, 0.3) is 0 Å². The second-order valence-corrected chi connectivity index (χ2v) is 6.24. The van der Waals surface area contributed by atoms with E-state index in [1.54, 1.807) is 12.1 Å². The summed E-state index contributed by atoms with van der Waals surface area (Å²) in [4.78, 5) is 26.1. The largest absolute Gasteiger partial charge is 0.549 e. The first-order valence-electron chi connectivity index (χ1n) is 5.83. The number of thioether (sulfide) groups is 1. The van der Waals surface area contributed by atoms with Crippen molar-refractivity contribution in [2.75, 3.05) is 16.8 Å². The van der Waals surface area contributed by atoms with Crippen molar-refractivity contribution in [1.82, 2.24) is 4.98 Å². The molecular formula is C13H10ClN2O3S2-. The number of aliphatic carboxylic acids is 1. The number of carboxylic acid groups (broad SMARTS) is 1. The van der Waals surface area contributed by atoms with Crippen LogP contribution in [-0.2, 0) is 9.59 Å². The lowest BCUT2D eigenvalue weighted by molar-refractivity contribution is -0.301. The first kappa shape index (κ1) is 15.8. The van der Waals surface area contributed by atoms with Crippen molar-refractivity contribution in [1.29, 1.82) is 0 Å². The second-order valence-electron chi connectivity index (χ2n) is 3.96. The highest BCUT2D eigenvalue weighted by Gasteiger charge is 2.08. The monoisotopic (exact) mass is 341 g/mol. The lowest BCUT2D eigenvalue weighted by atomic mass is 10.2. The molecule has 0 aliphatic rings. The van der Waals surface area contributed by atoms with Crippen LogP contribution in [0.5, 0.6) is 0 Å². The Hall–Kier alpha value is -1.57. The van der Waals surface area contributed by atoms with E-state index in [1.165, 1.54) is 11.3 Å². The van der Waals surface area contributed by atoms with E-state index in [9.17, 15) is 14.7 Å². The molecular weight excluding hydrogens is 332 g/mol. The Kier molecular flexibility index (Phi) is 5.60. The Morgan fingerprint density at radius 2 is 2.00 bits per heavy atom. The summed E-state index contributed by atoms with van der Waals surface area (Å²) in [5.41, 5.74) is 1.65. The third kappa shape index (κ3) is 5.04. The van der Waals surface area contributed by atoms with Gasteiger partial charge in [-0.2, -0.15) is 0 Å². The third-order valence-corrected chi connectivity index (χ3v) is 4.26. The van der Waals surface area contributed by atoms with Crippen molar-refractivity contribution < 1.29 is 14.7 Å². The lowest BCUT2D eigenvalue weighted by Gasteiger charge is -2.02. The van der Waals surface area contributed by atoms with Gasteiger partial charge in [-0.3, -0.25) is 4.79 Å². The molecule has 0 bridgehead atoms. The van der Waals surface area contributed by atoms with Crippen LogP contribution in [0.15, 0.2) is 29.6 Å². The average Bonchev–Trinajstić information content (AvgIpc) is 2.87. The Bertz CT molecular complexity index is 643. The fourth-order valence-corrected chi connectivity index (χ4v) is 2.85. The first-order chi connectivity index (χ1) is 10.0. The molecule has 5 nitrogen and oxygen atoms in total. The number of hydrogen-bond acceptors (Lipinski definition) is 6. The Labute approximate surface area is 134 Å². The van der Waals surface area contributed by atoms with Crippen LogP contribution in [0.3, 0.4) is 0 Å². The molecule has 0 unspecified atom stereocenters. The minimum Gasteiger partial charge on any atom is -0.549 e. The number of carbonyl (C=O) groups excluding carboxylic acids is 2. The van der Waals surface area contributed by atoms with Crippen molar-refractivity contribution in [2.24, 2.45) is 0 Å². The van der Waals surface area contributed by atoms with Crippen molar-refractivity contribution in [3.63, 3.8) is 0 Å². The lowest BCUT2D eigenvalue weighted by Crippen LogP contribution is -2.25. The van der Waals surface area contributed by atoms with E-state index in [4.69, 9.17) is 11.6 Å². The summed E-state index contributed by atoms with van der Waals surface area (Å²) in [6.45, 7) is 0. The number of hydrogen-bond donors (Lipinski definition) is 1. The summed E-state index contributed by atoms with van der Waals surface area (Å²) in [6.07, 6.45) is 0. The quantitative estimate of drug-likeness (QED) is 0.867. The molecule has 0 aliphatic heterocycles. The highest BCUT2D eigenvalue weighted by atomic mass is 35.5. The first-order valence-corrected chi connectivity index (χ1v) is 8.25. The molecule has 0 saturated heterocycles. The van der Waals surface area contributed by atoms with Gasteiger partial charge in [0.1, 0.15) is 0 Å². The predicted octanol–water partition coefficient (Wildman–Crippen LogP) is 1.89. The van der Waals surface area contributed by atoms with Gasteiger partial charge in [0, 0.05) is 21.7 Å². The number of amides is 1. The summed E-state index contributed by atoms with van der Waals surface area (Å²) in [5, 5.41) is 15.8. The molecule has 8 heteroatoms. The number of thiazole rings is 1. The summed E-state index contributed by atoms with van der Waals surface area (Å²) < 4.78 is 0. The van der Waals surface area contributed by atoms with Crippen LogP contribution in [-0.4, -0.2) is 28.4 Å². The molecule has 0 fully saturated rings. The fraction of sp³-hybridized carbons (Fsp3) is 0.154. The average molecular weight is 342 g/mol. The molecule has 110 valence electrons. The normalized spacial score (nSPS) is 10.3. The van der Waals surface area contributed by atoms with E-state index in [-0.39, 0.29) is 17.4 Å². The van der Waals surface area contributed by atoms with Crippen molar-refractivity contribution in [3.05, 3.63) is 34.7 Å². The zero-order valence-electron chi connectivity index (χ0n) is 10.7. The molecule has 1 N–H and O–H groups in total. The predicted molar refractivity (Wildman–Crippen MR) is 83.5 cm³/mol. The van der Waals surface area contributed by atoms with E-state index in [0.29, 0.717) is 10.2 Å². The van der Waals surface area contributed by atoms with Gasteiger partial charge < -0.3 is 15.2 Å². The number of carbonyl (C=O) groups is 2. The van der Waals surface area contributed by atoms with E-state index in [0.717, 1.165) is 23.0 Å². The maximum absolute atomic E-state index is 11.6. The van der Waals surface area contributed by atoms with Crippen molar-refractivity contribution in [3.8, 4) is 11.3 Å². The van der Waals surface area contributed by atoms with Crippen LogP contribution < -0.4 is 10.4 Å². The van der Waals surface area contributed by atoms with Crippen LogP contribution >= 0.6 is 34.7 Å². The molecule has 1 aromatic carbocycles. The van der Waals surface area contributed by atoms with Crippen LogP contribution in [0, 0.1) is 0 Å². The minimum atomic E-state index is -1.19. The van der Waals surface area contributed by atoms with Gasteiger partial charge in [0.15, 0.2) is 5.13 Å². The molecule has 0 aliphatic carbocycles. The van der Waals surface area contributed by atoms with Crippen LogP contribution in [0.25, 0.3) is 11.3 Å². The summed E-state index contributed by atoms with van der Waals surface area (Å²) >= 11 is 8.10. The maximum Gasteiger partial charge on any atom is 0.236 e. The second kappa shape index (κ2) is 7.44. The molecule has 21 heavy (non-hydrogen) atoms. The number of nitrogens with one attached hydrogen (secondary N) is 1. The SMILES string of the molecule is O=C([O-])CSCC(=O)Nc1nc(-c2ccc(Cl)cc2)cs1. The van der Waals surface area contributed by atoms with E-state index in [2.05, 4.69) is 10.3 Å². The van der Waals surface area contributed by atoms with Gasteiger partial charge in [-0.15, -0.1) is 23.1 Å². The molecule has 1 heterocycles. The minimum absolute atomic E-state index is 0.0455. The van der Waals surface area contributed by atoms with Gasteiger partial charge in [0.05, 0.1) is 17.4 Å². The number of halogens is 1. The molecule has 1 amide bonds. The number of carboxylic acids is 1. The molecule has 2 rings (SSSR count). The third-order valence-electron chi connectivity index (χ3n) is 2.34. The number of rotatable bonds is 6. The zero-order valence-corrected chi connectivity index (χ0v) is 13.1. The Balaban J connectivity index is 1.92. The molecule has 0 spiro atoms. The Morgan fingerprint density at radius 3 is 2.67 bits per heavy atom. The van der Waals surface area contributed by atoms with Gasteiger partial charge in [-0.25, -0.2) is 4.98 Å². The number of nitrogens with zero attached hydrogens (tertiary/aromatic N) is 1. The number of anilines is 1. The van der Waals surface area contributed by atoms with Gasteiger partial charge >= 0.3 is 0 Å². The Morgan fingerprint density at radius 1 is 1.29 bits per heavy atom. The summed E-state index contributed by atoms with van der Waals surface area (Å²) in [6, 6.07) is 7.23. The van der Waals surface area contributed by atoms with E-state index < -0.39 is 5.97 Å². The summed E-state index contributed by atoms with van der Waals surface area (Å²) in [5.74, 6) is -1.64. The van der Waals surface area contributed by atoms with Crippen LogP contribution in [0.2, 0.25) is 5.02 Å². The number of benzene rings is 1. The number of aromatic nitrogens is 1. The van der Waals surface area contributed by atoms with Crippen molar-refractivity contribution in [2.45, 2.75) is 0 Å². The smallest absolute Gasteiger partial charge is 0.236 e. The molecule has 0 radical (unpaired) electrons. The van der Waals surface area contributed by atoms with Gasteiger partial charge in [-0.05, 0) is 12.1 Å². The molecule has 1 aromatic heterocycles. The highest BCUT2D eigenvalue weighted by molar-refractivity contribution is 8.00. The summed E-state index contributed by atoms with van der Waals surface area (Å²) in [7, 11) is 0. The fourth-order valence-electron chi connectivity index (χ4n) is 1.47.